The van der Waals surface area contributed by atoms with Crippen molar-refractivity contribution in [1.29, 1.82) is 0 Å². The van der Waals surface area contributed by atoms with Gasteiger partial charge in [-0.25, -0.2) is 0 Å². The molecule has 0 radical (unpaired) electrons. The minimum absolute atomic E-state index is 0.134. The van der Waals surface area contributed by atoms with Crippen LogP contribution in [0.2, 0.25) is 10.0 Å². The van der Waals surface area contributed by atoms with Crippen molar-refractivity contribution in [2.45, 2.75) is 0 Å². The fourth-order valence-corrected chi connectivity index (χ4v) is 4.34. The van der Waals surface area contributed by atoms with Gasteiger partial charge in [0.1, 0.15) is 28.3 Å². The molecular weight excluding hydrogens is 545 g/mol. The number of hydrogen-bond donors (Lipinski definition) is 2. The highest BCUT2D eigenvalue weighted by Gasteiger charge is 2.09. The largest absolute Gasteiger partial charge is 0.497 e. The molecule has 0 atom stereocenters. The van der Waals surface area contributed by atoms with Crippen LogP contribution in [0.1, 0.15) is 5.76 Å². The molecule has 1 amide bonds. The summed E-state index contributed by atoms with van der Waals surface area (Å²) in [5, 5.41) is 15.7. The predicted octanol–water partition coefficient (Wildman–Crippen LogP) is 6.52. The highest BCUT2D eigenvalue weighted by atomic mass is 35.5. The van der Waals surface area contributed by atoms with Crippen molar-refractivity contribution in [1.82, 2.24) is 20.3 Å². The third kappa shape index (κ3) is 6.03. The highest BCUT2D eigenvalue weighted by Crippen LogP contribution is 2.29. The van der Waals surface area contributed by atoms with Crippen LogP contribution < -0.4 is 15.4 Å². The van der Waals surface area contributed by atoms with E-state index in [1.807, 2.05) is 30.3 Å². The average Bonchev–Trinajstić information content (AvgIpc) is 3.54. The van der Waals surface area contributed by atoms with Crippen LogP contribution in [0.25, 0.3) is 34.1 Å². The van der Waals surface area contributed by atoms with Gasteiger partial charge in [-0.15, -0.1) is 10.2 Å². The zero-order valence-corrected chi connectivity index (χ0v) is 22.1. The Bertz CT molecular complexity index is 1660. The standard InChI is InChI=1S/C27H19Cl2N5O3S/c1-36-21-5-3-20(4-6-21)34-32-23-9-2-19(15-24(23)33-34)30-27(38)31-26(35)11-8-22-7-10-25(37-22)16-12-17(28)14-18(29)13-16/h2-15H,1H3,(H2,30,31,35,38)/b11-8+. The SMILES string of the molecule is COc1ccc(-n2nc3ccc(NC(=S)NC(=O)/C=C/c4ccc(-c5cc(Cl)cc(Cl)c5)o4)cc3n2)cc1. The highest BCUT2D eigenvalue weighted by molar-refractivity contribution is 7.80. The van der Waals surface area contributed by atoms with Gasteiger partial charge < -0.3 is 14.5 Å². The van der Waals surface area contributed by atoms with Crippen LogP contribution in [0, 0.1) is 0 Å². The zero-order chi connectivity index (χ0) is 26.6. The molecule has 0 bridgehead atoms. The number of fused-ring (bicyclic) bond motifs is 1. The molecule has 0 fully saturated rings. The molecule has 2 aromatic heterocycles. The van der Waals surface area contributed by atoms with E-state index < -0.39 is 5.91 Å². The number of halogens is 2. The minimum Gasteiger partial charge on any atom is -0.497 e. The number of hydrogen-bond acceptors (Lipinski definition) is 6. The van der Waals surface area contributed by atoms with E-state index in [0.717, 1.165) is 17.0 Å². The van der Waals surface area contributed by atoms with Crippen LogP contribution in [-0.4, -0.2) is 33.1 Å². The van der Waals surface area contributed by atoms with E-state index in [1.54, 1.807) is 54.4 Å². The lowest BCUT2D eigenvalue weighted by Gasteiger charge is -2.07. The van der Waals surface area contributed by atoms with Crippen LogP contribution in [0.15, 0.2) is 83.3 Å². The molecule has 3 aromatic carbocycles. The molecule has 2 N–H and O–H groups in total. The molecule has 0 aliphatic heterocycles. The predicted molar refractivity (Wildman–Crippen MR) is 153 cm³/mol. The molecule has 0 saturated carbocycles. The van der Waals surface area contributed by atoms with Crippen LogP contribution in [0.5, 0.6) is 5.75 Å². The maximum atomic E-state index is 12.4. The number of carbonyl (C=O) groups is 1. The lowest BCUT2D eigenvalue weighted by Crippen LogP contribution is -2.32. The van der Waals surface area contributed by atoms with Gasteiger partial charge in [-0.1, -0.05) is 23.2 Å². The number of rotatable bonds is 6. The first-order valence-electron chi connectivity index (χ1n) is 11.2. The molecule has 5 rings (SSSR count). The smallest absolute Gasteiger partial charge is 0.250 e. The van der Waals surface area contributed by atoms with Gasteiger partial charge in [-0.05, 0) is 91.1 Å². The van der Waals surface area contributed by atoms with Gasteiger partial charge in [0.05, 0.1) is 12.8 Å². The normalized spacial score (nSPS) is 11.1. The first-order chi connectivity index (χ1) is 18.4. The van der Waals surface area contributed by atoms with E-state index in [0.29, 0.717) is 38.3 Å². The Kier molecular flexibility index (Phi) is 7.41. The van der Waals surface area contributed by atoms with Gasteiger partial charge in [0, 0.05) is 27.4 Å². The van der Waals surface area contributed by atoms with Gasteiger partial charge in [0.25, 0.3) is 0 Å². The summed E-state index contributed by atoms with van der Waals surface area (Å²) in [5.74, 6) is 1.39. The fraction of sp³-hybridized carbons (Fsp3) is 0.0370. The summed E-state index contributed by atoms with van der Waals surface area (Å²) in [7, 11) is 1.61. The molecular formula is C27H19Cl2N5O3S. The van der Waals surface area contributed by atoms with E-state index in [2.05, 4.69) is 20.8 Å². The Morgan fingerprint density at radius 3 is 2.45 bits per heavy atom. The second-order valence-electron chi connectivity index (χ2n) is 8.03. The number of nitrogens with zero attached hydrogens (tertiary/aromatic N) is 3. The first-order valence-corrected chi connectivity index (χ1v) is 12.4. The van der Waals surface area contributed by atoms with E-state index >= 15 is 0 Å². The quantitative estimate of drug-likeness (QED) is 0.179. The summed E-state index contributed by atoms with van der Waals surface area (Å²) < 4.78 is 11.0. The summed E-state index contributed by atoms with van der Waals surface area (Å²) in [6.45, 7) is 0. The Hall–Kier alpha value is -4.18. The molecule has 0 spiro atoms. The molecule has 190 valence electrons. The maximum absolute atomic E-state index is 12.4. The van der Waals surface area contributed by atoms with Crippen LogP contribution in [-0.2, 0) is 4.79 Å². The minimum atomic E-state index is -0.419. The molecule has 0 unspecified atom stereocenters. The molecule has 5 aromatic rings. The summed E-state index contributed by atoms with van der Waals surface area (Å²) in [6, 6.07) is 21.5. The lowest BCUT2D eigenvalue weighted by molar-refractivity contribution is -0.115. The monoisotopic (exact) mass is 563 g/mol. The number of amides is 1. The van der Waals surface area contributed by atoms with Crippen molar-refractivity contribution in [3.05, 3.63) is 94.7 Å². The van der Waals surface area contributed by atoms with Gasteiger partial charge in [0.2, 0.25) is 5.91 Å². The van der Waals surface area contributed by atoms with Crippen LogP contribution in [0.4, 0.5) is 5.69 Å². The first kappa shape index (κ1) is 25.5. The maximum Gasteiger partial charge on any atom is 0.250 e. The number of furan rings is 1. The van der Waals surface area contributed by atoms with Gasteiger partial charge >= 0.3 is 0 Å². The Morgan fingerprint density at radius 1 is 0.974 bits per heavy atom. The molecule has 0 saturated heterocycles. The van der Waals surface area contributed by atoms with E-state index in [4.69, 9.17) is 44.6 Å². The average molecular weight is 564 g/mol. The molecule has 11 heteroatoms. The second kappa shape index (κ2) is 11.1. The number of anilines is 1. The van der Waals surface area contributed by atoms with Gasteiger partial charge in [-0.3, -0.25) is 10.1 Å². The van der Waals surface area contributed by atoms with Crippen molar-refractivity contribution in [3.63, 3.8) is 0 Å². The summed E-state index contributed by atoms with van der Waals surface area (Å²) in [5.41, 5.74) is 3.56. The van der Waals surface area contributed by atoms with Crippen molar-refractivity contribution in [3.8, 4) is 22.8 Å². The Morgan fingerprint density at radius 2 is 1.71 bits per heavy atom. The third-order valence-electron chi connectivity index (χ3n) is 5.35. The summed E-state index contributed by atoms with van der Waals surface area (Å²) in [6.07, 6.45) is 2.86. The van der Waals surface area contributed by atoms with Crippen molar-refractivity contribution in [2.75, 3.05) is 12.4 Å². The molecule has 0 aliphatic carbocycles. The van der Waals surface area contributed by atoms with Gasteiger partial charge in [0.15, 0.2) is 5.11 Å². The third-order valence-corrected chi connectivity index (χ3v) is 5.99. The zero-order valence-electron chi connectivity index (χ0n) is 19.8. The summed E-state index contributed by atoms with van der Waals surface area (Å²) >= 11 is 17.4. The van der Waals surface area contributed by atoms with E-state index in [9.17, 15) is 4.79 Å². The number of thiocarbonyl (C=S) groups is 1. The van der Waals surface area contributed by atoms with Crippen molar-refractivity contribution < 1.29 is 13.9 Å². The Labute approximate surface area is 232 Å². The topological polar surface area (TPSA) is 94.2 Å². The lowest BCUT2D eigenvalue weighted by atomic mass is 10.2. The molecule has 0 aliphatic rings. The molecule has 38 heavy (non-hydrogen) atoms. The number of methoxy groups -OCH3 is 1. The van der Waals surface area contributed by atoms with Crippen LogP contribution in [0.3, 0.4) is 0 Å². The Balaban J connectivity index is 1.20. The van der Waals surface area contributed by atoms with Crippen LogP contribution >= 0.6 is 35.4 Å². The number of nitrogens with one attached hydrogen (secondary N) is 2. The van der Waals surface area contributed by atoms with Crippen molar-refractivity contribution in [2.24, 2.45) is 0 Å². The van der Waals surface area contributed by atoms with E-state index in [1.165, 1.54) is 12.2 Å². The number of aromatic nitrogens is 3. The fourth-order valence-electron chi connectivity index (χ4n) is 3.59. The number of benzene rings is 3. The van der Waals surface area contributed by atoms with Gasteiger partial charge in [-0.2, -0.15) is 4.80 Å². The second-order valence-corrected chi connectivity index (χ2v) is 9.31. The number of ether oxygens (including phenoxy) is 1. The van der Waals surface area contributed by atoms with E-state index in [-0.39, 0.29) is 5.11 Å². The number of carbonyl (C=O) groups excluding carboxylic acids is 1. The molecule has 2 heterocycles. The molecule has 8 nitrogen and oxygen atoms in total. The summed E-state index contributed by atoms with van der Waals surface area (Å²) in [4.78, 5) is 13.9. The van der Waals surface area contributed by atoms with Crippen molar-refractivity contribution >= 4 is 69.2 Å².